The molecule has 8 heteroatoms. The number of nitrogens with zero attached hydrogens (tertiary/aromatic N) is 3. The van der Waals surface area contributed by atoms with E-state index in [2.05, 4.69) is 20.1 Å². The van der Waals surface area contributed by atoms with Crippen LogP contribution in [0.2, 0.25) is 0 Å². The van der Waals surface area contributed by atoms with E-state index in [1.807, 2.05) is 16.7 Å². The van der Waals surface area contributed by atoms with Gasteiger partial charge in [0.2, 0.25) is 17.7 Å². The Balaban J connectivity index is 1.96. The van der Waals surface area contributed by atoms with Crippen LogP contribution in [0.4, 0.5) is 0 Å². The molecular formula is C28H45N3O4S. The van der Waals surface area contributed by atoms with Gasteiger partial charge < -0.3 is 19.8 Å². The summed E-state index contributed by atoms with van der Waals surface area (Å²) in [6, 6.07) is -0.568. The normalized spacial score (nSPS) is 28.3. The van der Waals surface area contributed by atoms with Gasteiger partial charge in [0, 0.05) is 44.6 Å². The minimum Gasteiger partial charge on any atom is -0.396 e. The molecule has 5 atom stereocenters. The SMILES string of the molecule is C=CCN(CCCCC)C(=O)C1N(CCCCO)C(=O)[C@@H]2[C@@H](C(=O)N(CC=C)CCC)[C@H]3CCC12S3. The van der Waals surface area contributed by atoms with E-state index in [1.165, 1.54) is 0 Å². The average molecular weight is 520 g/mol. The van der Waals surface area contributed by atoms with Gasteiger partial charge in [-0.1, -0.05) is 38.8 Å². The molecule has 3 aliphatic heterocycles. The quantitative estimate of drug-likeness (QED) is 0.249. The number of fused-ring (bicyclic) bond motifs is 1. The highest BCUT2D eigenvalue weighted by atomic mass is 32.2. The number of amides is 3. The molecule has 1 N–H and O–H groups in total. The predicted octanol–water partition coefficient (Wildman–Crippen LogP) is 3.48. The Morgan fingerprint density at radius 2 is 1.75 bits per heavy atom. The third kappa shape index (κ3) is 5.40. The van der Waals surface area contributed by atoms with Gasteiger partial charge in [0.1, 0.15) is 6.04 Å². The van der Waals surface area contributed by atoms with E-state index in [9.17, 15) is 19.5 Å². The van der Waals surface area contributed by atoms with Gasteiger partial charge in [-0.2, -0.15) is 0 Å². The van der Waals surface area contributed by atoms with Gasteiger partial charge in [-0.25, -0.2) is 0 Å². The number of unbranched alkanes of at least 4 members (excludes halogenated alkanes) is 3. The molecule has 36 heavy (non-hydrogen) atoms. The lowest BCUT2D eigenvalue weighted by atomic mass is 9.70. The molecule has 3 amide bonds. The second-order valence-electron chi connectivity index (χ2n) is 10.4. The highest BCUT2D eigenvalue weighted by molar-refractivity contribution is 8.02. The van der Waals surface area contributed by atoms with Gasteiger partial charge in [-0.15, -0.1) is 24.9 Å². The number of hydrogen-bond acceptors (Lipinski definition) is 5. The van der Waals surface area contributed by atoms with Crippen molar-refractivity contribution in [3.63, 3.8) is 0 Å². The first kappa shape index (κ1) is 28.8. The molecule has 0 aliphatic carbocycles. The van der Waals surface area contributed by atoms with Gasteiger partial charge in [-0.05, 0) is 38.5 Å². The predicted molar refractivity (Wildman–Crippen MR) is 146 cm³/mol. The van der Waals surface area contributed by atoms with E-state index < -0.39 is 22.6 Å². The molecule has 3 rings (SSSR count). The van der Waals surface area contributed by atoms with Crippen LogP contribution in [0.5, 0.6) is 0 Å². The lowest BCUT2D eigenvalue weighted by Crippen LogP contribution is -2.55. The second-order valence-corrected chi connectivity index (χ2v) is 12.0. The zero-order valence-corrected chi connectivity index (χ0v) is 23.0. The molecule has 0 aromatic heterocycles. The first-order valence-electron chi connectivity index (χ1n) is 13.8. The highest BCUT2D eigenvalue weighted by Crippen LogP contribution is 2.66. The number of rotatable bonds is 16. The lowest BCUT2D eigenvalue weighted by molar-refractivity contribution is -0.144. The fourth-order valence-corrected chi connectivity index (χ4v) is 8.66. The second kappa shape index (κ2) is 13.1. The van der Waals surface area contributed by atoms with Gasteiger partial charge in [0.15, 0.2) is 0 Å². The van der Waals surface area contributed by atoms with Crippen LogP contribution in [0.3, 0.4) is 0 Å². The molecule has 2 unspecified atom stereocenters. The molecule has 3 fully saturated rings. The Hall–Kier alpha value is -1.80. The summed E-state index contributed by atoms with van der Waals surface area (Å²) in [6.45, 7) is 14.6. The largest absolute Gasteiger partial charge is 0.396 e. The zero-order chi connectivity index (χ0) is 26.3. The summed E-state index contributed by atoms with van der Waals surface area (Å²) >= 11 is 1.73. The van der Waals surface area contributed by atoms with Crippen molar-refractivity contribution in [2.75, 3.05) is 39.3 Å². The molecule has 3 aliphatic rings. The van der Waals surface area contributed by atoms with Crippen LogP contribution in [0.25, 0.3) is 0 Å². The van der Waals surface area contributed by atoms with Gasteiger partial charge in [0.05, 0.1) is 16.6 Å². The Morgan fingerprint density at radius 1 is 1.06 bits per heavy atom. The van der Waals surface area contributed by atoms with E-state index in [1.54, 1.807) is 28.8 Å². The summed E-state index contributed by atoms with van der Waals surface area (Å²) in [4.78, 5) is 47.5. The topological polar surface area (TPSA) is 81.2 Å². The fourth-order valence-electron chi connectivity index (χ4n) is 6.45. The number of carbonyl (C=O) groups is 3. The fraction of sp³-hybridized carbons (Fsp3) is 0.750. The van der Waals surface area contributed by atoms with Gasteiger partial charge in [0.25, 0.3) is 0 Å². The van der Waals surface area contributed by atoms with Crippen LogP contribution in [-0.2, 0) is 14.4 Å². The number of hydrogen-bond donors (Lipinski definition) is 1. The van der Waals surface area contributed by atoms with E-state index in [0.717, 1.165) is 38.5 Å². The molecular weight excluding hydrogens is 474 g/mol. The first-order valence-corrected chi connectivity index (χ1v) is 14.7. The summed E-state index contributed by atoms with van der Waals surface area (Å²) in [7, 11) is 0. The van der Waals surface area contributed by atoms with Gasteiger partial charge in [-0.3, -0.25) is 14.4 Å². The molecule has 0 aromatic rings. The van der Waals surface area contributed by atoms with Crippen molar-refractivity contribution in [1.82, 2.24) is 14.7 Å². The van der Waals surface area contributed by atoms with E-state index in [4.69, 9.17) is 0 Å². The molecule has 0 aromatic carbocycles. The summed E-state index contributed by atoms with van der Waals surface area (Å²) in [6.07, 6.45) is 10.2. The molecule has 3 heterocycles. The molecule has 7 nitrogen and oxygen atoms in total. The van der Waals surface area contributed by atoms with Crippen molar-refractivity contribution in [3.8, 4) is 0 Å². The van der Waals surface area contributed by atoms with Crippen molar-refractivity contribution < 1.29 is 19.5 Å². The molecule has 0 radical (unpaired) electrons. The summed E-state index contributed by atoms with van der Waals surface area (Å²) in [5.74, 6) is -0.898. The standard InChI is InChI=1S/C28H45N3O4S/c1-5-9-10-18-30(17-8-4)27(35)24-28-14-13-21(36-28)22(25(33)29(15-6-2)16-7-3)23(28)26(34)31(24)19-11-12-20-32/h6,8,21-24,32H,2,4-5,7,9-20H2,1,3H3/t21-,22+,23+,24?,28?/m1/s1. The molecule has 2 bridgehead atoms. The highest BCUT2D eigenvalue weighted by Gasteiger charge is 2.73. The third-order valence-electron chi connectivity index (χ3n) is 7.97. The molecule has 0 saturated carbocycles. The van der Waals surface area contributed by atoms with Crippen LogP contribution in [0.1, 0.15) is 65.2 Å². The number of likely N-dealkylation sites (tertiary alicyclic amines) is 1. The Morgan fingerprint density at radius 3 is 2.36 bits per heavy atom. The Labute approximate surface area is 221 Å². The van der Waals surface area contributed by atoms with Crippen molar-refractivity contribution >= 4 is 29.5 Å². The van der Waals surface area contributed by atoms with E-state index in [0.29, 0.717) is 45.6 Å². The minimum atomic E-state index is -0.568. The summed E-state index contributed by atoms with van der Waals surface area (Å²) in [5, 5.41) is 9.42. The maximum Gasteiger partial charge on any atom is 0.247 e. The van der Waals surface area contributed by atoms with Crippen LogP contribution in [0, 0.1) is 11.8 Å². The average Bonchev–Trinajstić information content (AvgIpc) is 3.50. The third-order valence-corrected chi connectivity index (χ3v) is 9.93. The smallest absolute Gasteiger partial charge is 0.247 e. The number of thioether (sulfide) groups is 1. The van der Waals surface area contributed by atoms with Crippen molar-refractivity contribution in [1.29, 1.82) is 0 Å². The van der Waals surface area contributed by atoms with E-state index >= 15 is 0 Å². The monoisotopic (exact) mass is 519 g/mol. The number of aliphatic hydroxyl groups is 1. The summed E-state index contributed by atoms with van der Waals surface area (Å²) < 4.78 is -0.561. The maximum absolute atomic E-state index is 14.2. The van der Waals surface area contributed by atoms with Crippen LogP contribution >= 0.6 is 11.8 Å². The van der Waals surface area contributed by atoms with Crippen LogP contribution in [-0.4, -0.2) is 92.9 Å². The van der Waals surface area contributed by atoms with Gasteiger partial charge >= 0.3 is 0 Å². The first-order chi connectivity index (χ1) is 17.4. The van der Waals surface area contributed by atoms with Crippen molar-refractivity contribution in [3.05, 3.63) is 25.3 Å². The van der Waals surface area contributed by atoms with Crippen molar-refractivity contribution in [2.24, 2.45) is 11.8 Å². The maximum atomic E-state index is 14.2. The summed E-state index contributed by atoms with van der Waals surface area (Å²) in [5.41, 5.74) is 0. The number of carbonyl (C=O) groups excluding carboxylic acids is 3. The van der Waals surface area contributed by atoms with Crippen LogP contribution < -0.4 is 0 Å². The molecule has 202 valence electrons. The van der Waals surface area contributed by atoms with E-state index in [-0.39, 0.29) is 29.6 Å². The Bertz CT molecular complexity index is 821. The Kier molecular flexibility index (Phi) is 10.5. The van der Waals surface area contributed by atoms with Crippen LogP contribution in [0.15, 0.2) is 25.3 Å². The zero-order valence-electron chi connectivity index (χ0n) is 22.2. The van der Waals surface area contributed by atoms with Crippen molar-refractivity contribution in [2.45, 2.75) is 81.3 Å². The minimum absolute atomic E-state index is 0.0105. The lowest BCUT2D eigenvalue weighted by Gasteiger charge is -2.37. The molecule has 1 spiro atoms. The molecule has 3 saturated heterocycles. The number of aliphatic hydroxyl groups excluding tert-OH is 1.